The van der Waals surface area contributed by atoms with Gasteiger partial charge < -0.3 is 14.8 Å². The number of aliphatic carboxylic acids is 1. The second kappa shape index (κ2) is 7.24. The van der Waals surface area contributed by atoms with Gasteiger partial charge in [-0.2, -0.15) is 0 Å². The Morgan fingerprint density at radius 3 is 2.77 bits per heavy atom. The molecule has 0 amide bonds. The number of aromatic nitrogens is 1. The molecule has 4 rings (SSSR count). The van der Waals surface area contributed by atoms with Crippen molar-refractivity contribution in [3.8, 4) is 16.9 Å². The van der Waals surface area contributed by atoms with Gasteiger partial charge in [-0.3, -0.25) is 4.79 Å². The van der Waals surface area contributed by atoms with Gasteiger partial charge in [0.05, 0.1) is 6.10 Å². The van der Waals surface area contributed by atoms with E-state index < -0.39 is 5.97 Å². The number of carboxylic acid groups (broad SMARTS) is 1. The van der Waals surface area contributed by atoms with Crippen molar-refractivity contribution in [1.82, 2.24) is 4.98 Å². The summed E-state index contributed by atoms with van der Waals surface area (Å²) in [5.41, 5.74) is 4.28. The average molecular weight is 349 g/mol. The molecule has 4 heteroatoms. The van der Waals surface area contributed by atoms with Crippen LogP contribution in [0, 0.1) is 0 Å². The minimum atomic E-state index is -0.773. The Kier molecular flexibility index (Phi) is 4.65. The predicted octanol–water partition coefficient (Wildman–Crippen LogP) is 5.17. The van der Waals surface area contributed by atoms with Crippen molar-refractivity contribution in [3.63, 3.8) is 0 Å². The van der Waals surface area contributed by atoms with Gasteiger partial charge in [0.2, 0.25) is 0 Å². The maximum atomic E-state index is 10.9. The fourth-order valence-electron chi connectivity index (χ4n) is 3.80. The molecule has 2 N–H and O–H groups in total. The van der Waals surface area contributed by atoms with Crippen LogP contribution < -0.4 is 4.74 Å². The van der Waals surface area contributed by atoms with Crippen LogP contribution in [0.4, 0.5) is 0 Å². The number of aryl methyl sites for hydroxylation is 1. The van der Waals surface area contributed by atoms with E-state index in [-0.39, 0.29) is 12.5 Å². The minimum Gasteiger partial charge on any atom is -0.490 e. The molecule has 0 atom stereocenters. The molecule has 0 spiro atoms. The van der Waals surface area contributed by atoms with Crippen LogP contribution in [0.25, 0.3) is 22.0 Å². The molecular weight excluding hydrogens is 326 g/mol. The zero-order valence-corrected chi connectivity index (χ0v) is 14.7. The predicted molar refractivity (Wildman–Crippen MR) is 103 cm³/mol. The first kappa shape index (κ1) is 16.7. The second-order valence-corrected chi connectivity index (χ2v) is 6.99. The minimum absolute atomic E-state index is 0.136. The molecule has 1 saturated carbocycles. The van der Waals surface area contributed by atoms with Crippen LogP contribution in [0.15, 0.2) is 48.7 Å². The largest absolute Gasteiger partial charge is 0.490 e. The summed E-state index contributed by atoms with van der Waals surface area (Å²) in [5.74, 6) is 0.121. The van der Waals surface area contributed by atoms with Crippen molar-refractivity contribution in [2.45, 2.75) is 44.6 Å². The van der Waals surface area contributed by atoms with E-state index in [0.29, 0.717) is 6.42 Å². The molecule has 0 saturated heterocycles. The SMILES string of the molecule is O=C(O)CCc1ccc(OC2CCCC2)c(-c2cccc3[nH]ccc23)c1. The first-order valence-electron chi connectivity index (χ1n) is 9.28. The van der Waals surface area contributed by atoms with Gasteiger partial charge in [-0.25, -0.2) is 0 Å². The highest BCUT2D eigenvalue weighted by Crippen LogP contribution is 2.37. The number of H-pyrrole nitrogens is 1. The maximum absolute atomic E-state index is 10.9. The Balaban J connectivity index is 1.76. The Morgan fingerprint density at radius 1 is 1.12 bits per heavy atom. The van der Waals surface area contributed by atoms with Gasteiger partial charge >= 0.3 is 5.97 Å². The number of carbonyl (C=O) groups is 1. The van der Waals surface area contributed by atoms with Crippen LogP contribution >= 0.6 is 0 Å². The molecule has 26 heavy (non-hydrogen) atoms. The molecule has 134 valence electrons. The smallest absolute Gasteiger partial charge is 0.303 e. The summed E-state index contributed by atoms with van der Waals surface area (Å²) >= 11 is 0. The summed E-state index contributed by atoms with van der Waals surface area (Å²) in [4.78, 5) is 14.2. The van der Waals surface area contributed by atoms with Gasteiger partial charge in [-0.05, 0) is 67.5 Å². The molecule has 1 heterocycles. The molecule has 0 unspecified atom stereocenters. The Hall–Kier alpha value is -2.75. The average Bonchev–Trinajstić information content (AvgIpc) is 3.32. The van der Waals surface area contributed by atoms with Crippen LogP contribution in [0.3, 0.4) is 0 Å². The molecule has 1 fully saturated rings. The first-order valence-corrected chi connectivity index (χ1v) is 9.28. The number of hydrogen-bond donors (Lipinski definition) is 2. The van der Waals surface area contributed by atoms with Crippen molar-refractivity contribution >= 4 is 16.9 Å². The van der Waals surface area contributed by atoms with E-state index in [2.05, 4.69) is 29.2 Å². The monoisotopic (exact) mass is 349 g/mol. The molecule has 0 bridgehead atoms. The zero-order chi connectivity index (χ0) is 17.9. The van der Waals surface area contributed by atoms with Gasteiger partial charge in [-0.15, -0.1) is 0 Å². The lowest BCUT2D eigenvalue weighted by Gasteiger charge is -2.18. The van der Waals surface area contributed by atoms with Crippen molar-refractivity contribution in [1.29, 1.82) is 0 Å². The lowest BCUT2D eigenvalue weighted by atomic mass is 9.97. The second-order valence-electron chi connectivity index (χ2n) is 6.99. The summed E-state index contributed by atoms with van der Waals surface area (Å²) in [7, 11) is 0. The van der Waals surface area contributed by atoms with E-state index >= 15 is 0 Å². The molecule has 3 aromatic rings. The van der Waals surface area contributed by atoms with Crippen LogP contribution in [-0.4, -0.2) is 22.2 Å². The van der Waals surface area contributed by atoms with E-state index in [1.807, 2.05) is 24.4 Å². The van der Waals surface area contributed by atoms with Crippen LogP contribution in [-0.2, 0) is 11.2 Å². The third kappa shape index (κ3) is 3.45. The number of nitrogens with one attached hydrogen (secondary N) is 1. The van der Waals surface area contributed by atoms with Crippen LogP contribution in [0.1, 0.15) is 37.7 Å². The van der Waals surface area contributed by atoms with Crippen molar-refractivity contribution in [2.24, 2.45) is 0 Å². The van der Waals surface area contributed by atoms with E-state index in [1.54, 1.807) is 0 Å². The number of fused-ring (bicyclic) bond motifs is 1. The Bertz CT molecular complexity index is 922. The number of carboxylic acids is 1. The first-order chi connectivity index (χ1) is 12.7. The van der Waals surface area contributed by atoms with E-state index in [1.165, 1.54) is 12.8 Å². The van der Waals surface area contributed by atoms with Gasteiger partial charge in [0.1, 0.15) is 5.75 Å². The van der Waals surface area contributed by atoms with E-state index in [0.717, 1.165) is 46.2 Å². The fourth-order valence-corrected chi connectivity index (χ4v) is 3.80. The standard InChI is InChI=1S/C22H23NO3/c24-22(25)11-9-15-8-10-21(26-16-4-1-2-5-16)19(14-15)17-6-3-7-20-18(17)12-13-23-20/h3,6-8,10,12-14,16,23H,1-2,4-5,9,11H2,(H,24,25). The normalized spacial score (nSPS) is 14.8. The van der Waals surface area contributed by atoms with Gasteiger partial charge in [0.15, 0.2) is 0 Å². The maximum Gasteiger partial charge on any atom is 0.303 e. The van der Waals surface area contributed by atoms with Crippen molar-refractivity contribution in [3.05, 3.63) is 54.2 Å². The molecule has 1 aromatic heterocycles. The summed E-state index contributed by atoms with van der Waals surface area (Å²) in [5, 5.41) is 10.1. The summed E-state index contributed by atoms with van der Waals surface area (Å²) in [6.45, 7) is 0. The zero-order valence-electron chi connectivity index (χ0n) is 14.7. The van der Waals surface area contributed by atoms with E-state index in [4.69, 9.17) is 9.84 Å². The molecule has 0 radical (unpaired) electrons. The van der Waals surface area contributed by atoms with Crippen molar-refractivity contribution < 1.29 is 14.6 Å². The topological polar surface area (TPSA) is 62.3 Å². The molecule has 2 aromatic carbocycles. The summed E-state index contributed by atoms with van der Waals surface area (Å²) in [6.07, 6.45) is 7.55. The lowest BCUT2D eigenvalue weighted by Crippen LogP contribution is -2.11. The third-order valence-electron chi connectivity index (χ3n) is 5.15. The number of aromatic amines is 1. The number of hydrogen-bond acceptors (Lipinski definition) is 2. The van der Waals surface area contributed by atoms with E-state index in [9.17, 15) is 4.79 Å². The van der Waals surface area contributed by atoms with Crippen LogP contribution in [0.2, 0.25) is 0 Å². The molecule has 1 aliphatic carbocycles. The highest BCUT2D eigenvalue weighted by atomic mass is 16.5. The summed E-state index contributed by atoms with van der Waals surface area (Å²) < 4.78 is 6.34. The van der Waals surface area contributed by atoms with Gasteiger partial charge in [-0.1, -0.05) is 18.2 Å². The van der Waals surface area contributed by atoms with Crippen molar-refractivity contribution in [2.75, 3.05) is 0 Å². The molecule has 0 aliphatic heterocycles. The van der Waals surface area contributed by atoms with Crippen LogP contribution in [0.5, 0.6) is 5.75 Å². The number of rotatable bonds is 6. The lowest BCUT2D eigenvalue weighted by molar-refractivity contribution is -0.136. The Morgan fingerprint density at radius 2 is 1.96 bits per heavy atom. The summed E-state index contributed by atoms with van der Waals surface area (Å²) in [6, 6.07) is 14.4. The quantitative estimate of drug-likeness (QED) is 0.645. The fraction of sp³-hybridized carbons (Fsp3) is 0.318. The molecular formula is C22H23NO3. The number of ether oxygens (including phenoxy) is 1. The number of benzene rings is 2. The Labute approximate surface area is 152 Å². The van der Waals surface area contributed by atoms with Gasteiger partial charge in [0, 0.05) is 29.1 Å². The molecule has 1 aliphatic rings. The molecule has 4 nitrogen and oxygen atoms in total. The van der Waals surface area contributed by atoms with Gasteiger partial charge in [0.25, 0.3) is 0 Å². The highest BCUT2D eigenvalue weighted by molar-refractivity contribution is 5.96. The highest BCUT2D eigenvalue weighted by Gasteiger charge is 2.19. The third-order valence-corrected chi connectivity index (χ3v) is 5.15.